The average Bonchev–Trinajstić information content (AvgIpc) is 2.68. The molecule has 25 heavy (non-hydrogen) atoms. The fourth-order valence-corrected chi connectivity index (χ4v) is 4.12. The van der Waals surface area contributed by atoms with Crippen LogP contribution in [0.1, 0.15) is 44.1 Å². The van der Waals surface area contributed by atoms with Crippen LogP contribution in [0.2, 0.25) is 0 Å². The molecular weight excluding hydrogens is 318 g/mol. The van der Waals surface area contributed by atoms with Crippen LogP contribution < -0.4 is 5.32 Å². The highest BCUT2D eigenvalue weighted by Gasteiger charge is 2.42. The van der Waals surface area contributed by atoms with Crippen molar-refractivity contribution in [1.29, 1.82) is 0 Å². The molecule has 1 saturated carbocycles. The summed E-state index contributed by atoms with van der Waals surface area (Å²) in [5.74, 6) is 0.0894. The summed E-state index contributed by atoms with van der Waals surface area (Å²) in [5.41, 5.74) is 0.662. The molecule has 2 N–H and O–H groups in total. The summed E-state index contributed by atoms with van der Waals surface area (Å²) >= 11 is 0. The van der Waals surface area contributed by atoms with Crippen molar-refractivity contribution in [3.8, 4) is 0 Å². The molecule has 138 valence electrons. The second kappa shape index (κ2) is 8.79. The monoisotopic (exact) mass is 347 g/mol. The van der Waals surface area contributed by atoms with Crippen molar-refractivity contribution in [2.75, 3.05) is 26.4 Å². The smallest absolute Gasteiger partial charge is 0.231 e. The standard InChI is InChI=1S/C20H29NO4/c22-12-14-25-18-9-13-24-15-17(18)21-19(23)20(10-5-2-6-11-20)16-7-3-1-4-8-16/h1,3-4,7-8,17-18,22H,2,5-6,9-15H2,(H,21,23)/t17-,18+/m0/s1. The van der Waals surface area contributed by atoms with E-state index in [4.69, 9.17) is 14.6 Å². The van der Waals surface area contributed by atoms with Gasteiger partial charge in [-0.2, -0.15) is 0 Å². The summed E-state index contributed by atoms with van der Waals surface area (Å²) in [6.07, 6.45) is 5.76. The Hall–Kier alpha value is -1.43. The number of carbonyl (C=O) groups is 1. The minimum absolute atomic E-state index is 0.00796. The second-order valence-electron chi connectivity index (χ2n) is 7.09. The third-order valence-corrected chi connectivity index (χ3v) is 5.50. The Labute approximate surface area is 149 Å². The first kappa shape index (κ1) is 18.4. The number of benzene rings is 1. The van der Waals surface area contributed by atoms with Crippen LogP contribution in [0, 0.1) is 0 Å². The summed E-state index contributed by atoms with van der Waals surface area (Å²) < 4.78 is 11.3. The van der Waals surface area contributed by atoms with Gasteiger partial charge in [0, 0.05) is 6.61 Å². The highest BCUT2D eigenvalue weighted by Crippen LogP contribution is 2.40. The lowest BCUT2D eigenvalue weighted by Gasteiger charge is -2.39. The van der Waals surface area contributed by atoms with Gasteiger partial charge in [-0.1, -0.05) is 49.6 Å². The van der Waals surface area contributed by atoms with Crippen LogP contribution in [0.4, 0.5) is 0 Å². The van der Waals surface area contributed by atoms with Crippen molar-refractivity contribution in [3.05, 3.63) is 35.9 Å². The van der Waals surface area contributed by atoms with Crippen LogP contribution in [-0.2, 0) is 19.7 Å². The minimum atomic E-state index is -0.446. The van der Waals surface area contributed by atoms with Gasteiger partial charge in [-0.05, 0) is 24.8 Å². The first-order valence-corrected chi connectivity index (χ1v) is 9.43. The molecule has 0 spiro atoms. The highest BCUT2D eigenvalue weighted by molar-refractivity contribution is 5.88. The van der Waals surface area contributed by atoms with Crippen LogP contribution >= 0.6 is 0 Å². The number of ether oxygens (including phenoxy) is 2. The third-order valence-electron chi connectivity index (χ3n) is 5.50. The van der Waals surface area contributed by atoms with E-state index in [1.165, 1.54) is 6.42 Å². The fraction of sp³-hybridized carbons (Fsp3) is 0.650. The number of nitrogens with one attached hydrogen (secondary N) is 1. The van der Waals surface area contributed by atoms with E-state index in [0.29, 0.717) is 19.8 Å². The van der Waals surface area contributed by atoms with Crippen LogP contribution in [0.3, 0.4) is 0 Å². The van der Waals surface area contributed by atoms with Gasteiger partial charge >= 0.3 is 0 Å². The topological polar surface area (TPSA) is 67.8 Å². The Morgan fingerprint density at radius 3 is 2.72 bits per heavy atom. The first-order chi connectivity index (χ1) is 12.3. The number of hydrogen-bond donors (Lipinski definition) is 2. The Morgan fingerprint density at radius 1 is 1.24 bits per heavy atom. The predicted octanol–water partition coefficient (Wildman–Crippen LogP) is 2.17. The molecular formula is C20H29NO4. The zero-order chi connectivity index (χ0) is 17.5. The van der Waals surface area contributed by atoms with E-state index >= 15 is 0 Å². The summed E-state index contributed by atoms with van der Waals surface area (Å²) in [6, 6.07) is 10.00. The molecule has 2 atom stereocenters. The molecule has 1 amide bonds. The van der Waals surface area contributed by atoms with Gasteiger partial charge in [-0.15, -0.1) is 0 Å². The highest BCUT2D eigenvalue weighted by atomic mass is 16.5. The number of aliphatic hydroxyl groups excluding tert-OH is 1. The summed E-state index contributed by atoms with van der Waals surface area (Å²) in [5, 5.41) is 12.2. The lowest BCUT2D eigenvalue weighted by atomic mass is 9.68. The van der Waals surface area contributed by atoms with Crippen molar-refractivity contribution in [3.63, 3.8) is 0 Å². The Morgan fingerprint density at radius 2 is 2.00 bits per heavy atom. The normalized spacial score (nSPS) is 26.1. The van der Waals surface area contributed by atoms with Crippen molar-refractivity contribution in [2.24, 2.45) is 0 Å². The third kappa shape index (κ3) is 4.22. The van der Waals surface area contributed by atoms with E-state index < -0.39 is 5.41 Å². The Bertz CT molecular complexity index is 542. The summed E-state index contributed by atoms with van der Waals surface area (Å²) in [6.45, 7) is 1.38. The van der Waals surface area contributed by atoms with Gasteiger partial charge in [-0.25, -0.2) is 0 Å². The molecule has 2 fully saturated rings. The van der Waals surface area contributed by atoms with Crippen LogP contribution in [0.5, 0.6) is 0 Å². The Kier molecular flexibility index (Phi) is 6.45. The number of amides is 1. The number of carbonyl (C=O) groups excluding carboxylic acids is 1. The van der Waals surface area contributed by atoms with Crippen LogP contribution in [0.15, 0.2) is 30.3 Å². The van der Waals surface area contributed by atoms with Gasteiger partial charge < -0.3 is 19.9 Å². The van der Waals surface area contributed by atoms with Crippen LogP contribution in [-0.4, -0.2) is 49.6 Å². The Balaban J connectivity index is 1.76. The zero-order valence-corrected chi connectivity index (χ0v) is 14.8. The lowest BCUT2D eigenvalue weighted by molar-refractivity contribution is -0.133. The van der Waals surface area contributed by atoms with Gasteiger partial charge in [-0.3, -0.25) is 4.79 Å². The van der Waals surface area contributed by atoms with E-state index in [9.17, 15) is 4.79 Å². The summed E-state index contributed by atoms with van der Waals surface area (Å²) in [4.78, 5) is 13.3. The molecule has 1 aromatic rings. The van der Waals surface area contributed by atoms with Gasteiger partial charge in [0.15, 0.2) is 0 Å². The molecule has 3 rings (SSSR count). The van der Waals surface area contributed by atoms with Crippen LogP contribution in [0.25, 0.3) is 0 Å². The summed E-state index contributed by atoms with van der Waals surface area (Å²) in [7, 11) is 0. The lowest BCUT2D eigenvalue weighted by Crippen LogP contribution is -2.56. The largest absolute Gasteiger partial charge is 0.394 e. The van der Waals surface area contributed by atoms with Crippen molar-refractivity contribution >= 4 is 5.91 Å². The van der Waals surface area contributed by atoms with Crippen molar-refractivity contribution < 1.29 is 19.4 Å². The van der Waals surface area contributed by atoms with E-state index in [1.807, 2.05) is 18.2 Å². The SMILES string of the molecule is O=C(N[C@H]1COCC[C@H]1OCCO)C1(c2ccccc2)CCCCC1. The van der Waals surface area contributed by atoms with E-state index in [-0.39, 0.29) is 24.7 Å². The van der Waals surface area contributed by atoms with Gasteiger partial charge in [0.1, 0.15) is 0 Å². The van der Waals surface area contributed by atoms with E-state index in [1.54, 1.807) is 0 Å². The number of rotatable bonds is 6. The molecule has 5 heteroatoms. The van der Waals surface area contributed by atoms with Crippen molar-refractivity contribution in [1.82, 2.24) is 5.32 Å². The maximum atomic E-state index is 13.3. The fourth-order valence-electron chi connectivity index (χ4n) is 4.12. The average molecular weight is 347 g/mol. The molecule has 0 bridgehead atoms. The molecule has 1 aromatic carbocycles. The molecule has 0 unspecified atom stereocenters. The molecule has 0 aromatic heterocycles. The second-order valence-corrected chi connectivity index (χ2v) is 7.09. The van der Waals surface area contributed by atoms with E-state index in [2.05, 4.69) is 17.4 Å². The maximum Gasteiger partial charge on any atom is 0.231 e. The van der Waals surface area contributed by atoms with E-state index in [0.717, 1.165) is 37.7 Å². The van der Waals surface area contributed by atoms with Crippen molar-refractivity contribution in [2.45, 2.75) is 56.1 Å². The number of hydrogen-bond acceptors (Lipinski definition) is 4. The van der Waals surface area contributed by atoms with Gasteiger partial charge in [0.25, 0.3) is 0 Å². The molecule has 0 radical (unpaired) electrons. The first-order valence-electron chi connectivity index (χ1n) is 9.43. The molecule has 1 aliphatic heterocycles. The predicted molar refractivity (Wildman–Crippen MR) is 95.4 cm³/mol. The molecule has 2 aliphatic rings. The minimum Gasteiger partial charge on any atom is -0.394 e. The molecule has 1 heterocycles. The molecule has 1 saturated heterocycles. The molecule has 1 aliphatic carbocycles. The van der Waals surface area contributed by atoms with Gasteiger partial charge in [0.05, 0.1) is 37.4 Å². The maximum absolute atomic E-state index is 13.3. The van der Waals surface area contributed by atoms with Gasteiger partial charge in [0.2, 0.25) is 5.91 Å². The number of aliphatic hydroxyl groups is 1. The molecule has 5 nitrogen and oxygen atoms in total. The quantitative estimate of drug-likeness (QED) is 0.828. The zero-order valence-electron chi connectivity index (χ0n) is 14.8.